The standard InChI is InChI=1S/C20H25/c1-19(2,3)16-11-9-10-15(14-16)17-12-7-8-13-18(17)20(4,5)6/h7-10,12-14H,1-6H3. The fourth-order valence-electron chi connectivity index (χ4n) is 2.46. The summed E-state index contributed by atoms with van der Waals surface area (Å²) in [5, 5.41) is 0. The first kappa shape index (κ1) is 14.8. The van der Waals surface area contributed by atoms with Gasteiger partial charge in [-0.2, -0.15) is 0 Å². The first-order chi connectivity index (χ1) is 9.19. The number of rotatable bonds is 1. The van der Waals surface area contributed by atoms with Gasteiger partial charge in [-0.1, -0.05) is 77.9 Å². The molecule has 2 rings (SSSR count). The molecule has 0 bridgehead atoms. The fraction of sp³-hybridized carbons (Fsp3) is 0.400. The van der Waals surface area contributed by atoms with Crippen LogP contribution in [0.4, 0.5) is 0 Å². The minimum atomic E-state index is 0.132. The van der Waals surface area contributed by atoms with Crippen LogP contribution in [-0.2, 0) is 10.8 Å². The van der Waals surface area contributed by atoms with Crippen molar-refractivity contribution in [3.63, 3.8) is 0 Å². The molecular formula is C20H25. The maximum atomic E-state index is 3.38. The molecule has 2 aromatic rings. The van der Waals surface area contributed by atoms with Gasteiger partial charge in [0.05, 0.1) is 0 Å². The van der Waals surface area contributed by atoms with Gasteiger partial charge < -0.3 is 0 Å². The second-order valence-electron chi connectivity index (χ2n) is 7.54. The van der Waals surface area contributed by atoms with Crippen LogP contribution in [0.3, 0.4) is 0 Å². The maximum absolute atomic E-state index is 3.38. The molecule has 2 aromatic carbocycles. The summed E-state index contributed by atoms with van der Waals surface area (Å²) in [4.78, 5) is 0. The molecule has 0 amide bonds. The van der Waals surface area contributed by atoms with E-state index in [0.29, 0.717) is 0 Å². The average Bonchev–Trinajstić information content (AvgIpc) is 2.37. The second-order valence-corrected chi connectivity index (χ2v) is 7.54. The molecule has 0 aliphatic rings. The van der Waals surface area contributed by atoms with E-state index in [9.17, 15) is 0 Å². The van der Waals surface area contributed by atoms with Gasteiger partial charge in [-0.05, 0) is 45.2 Å². The minimum Gasteiger partial charge on any atom is -0.0619 e. The Morgan fingerprint density at radius 1 is 0.800 bits per heavy atom. The summed E-state index contributed by atoms with van der Waals surface area (Å²) >= 11 is 0. The van der Waals surface area contributed by atoms with Gasteiger partial charge in [-0.15, -0.1) is 0 Å². The van der Waals surface area contributed by atoms with Crippen molar-refractivity contribution in [1.29, 1.82) is 0 Å². The molecular weight excluding hydrogens is 240 g/mol. The Kier molecular flexibility index (Phi) is 3.77. The molecule has 0 aromatic heterocycles. The van der Waals surface area contributed by atoms with Gasteiger partial charge in [0.2, 0.25) is 0 Å². The van der Waals surface area contributed by atoms with Crippen molar-refractivity contribution < 1.29 is 0 Å². The summed E-state index contributed by atoms with van der Waals surface area (Å²) in [6.45, 7) is 13.5. The van der Waals surface area contributed by atoms with E-state index in [1.54, 1.807) is 0 Å². The lowest BCUT2D eigenvalue weighted by Crippen LogP contribution is -2.13. The molecule has 0 aliphatic carbocycles. The predicted octanol–water partition coefficient (Wildman–Crippen LogP) is 5.75. The lowest BCUT2D eigenvalue weighted by atomic mass is 9.80. The van der Waals surface area contributed by atoms with Crippen molar-refractivity contribution in [3.8, 4) is 11.1 Å². The van der Waals surface area contributed by atoms with Crippen LogP contribution in [0.1, 0.15) is 52.7 Å². The van der Waals surface area contributed by atoms with E-state index in [1.165, 1.54) is 22.3 Å². The molecule has 0 aliphatic heterocycles. The van der Waals surface area contributed by atoms with Crippen LogP contribution in [-0.4, -0.2) is 0 Å². The van der Waals surface area contributed by atoms with Crippen LogP contribution in [0.15, 0.2) is 42.5 Å². The van der Waals surface area contributed by atoms with E-state index in [2.05, 4.69) is 90.1 Å². The van der Waals surface area contributed by atoms with Crippen LogP contribution in [0.2, 0.25) is 0 Å². The molecule has 1 radical (unpaired) electrons. The molecule has 0 atom stereocenters. The van der Waals surface area contributed by atoms with E-state index < -0.39 is 0 Å². The Hall–Kier alpha value is -1.56. The Morgan fingerprint density at radius 2 is 1.45 bits per heavy atom. The van der Waals surface area contributed by atoms with Crippen molar-refractivity contribution in [2.45, 2.75) is 52.4 Å². The zero-order valence-electron chi connectivity index (χ0n) is 13.5. The highest BCUT2D eigenvalue weighted by molar-refractivity contribution is 5.69. The molecule has 0 fully saturated rings. The van der Waals surface area contributed by atoms with Gasteiger partial charge in [-0.3, -0.25) is 0 Å². The van der Waals surface area contributed by atoms with Crippen LogP contribution in [0.5, 0.6) is 0 Å². The number of benzene rings is 2. The van der Waals surface area contributed by atoms with Gasteiger partial charge in [0.15, 0.2) is 0 Å². The Morgan fingerprint density at radius 3 is 2.05 bits per heavy atom. The summed E-state index contributed by atoms with van der Waals surface area (Å²) in [7, 11) is 0. The molecule has 0 heteroatoms. The zero-order chi connectivity index (χ0) is 15.0. The maximum Gasteiger partial charge on any atom is -0.0125 e. The second kappa shape index (κ2) is 5.09. The molecule has 0 nitrogen and oxygen atoms in total. The zero-order valence-corrected chi connectivity index (χ0v) is 13.5. The van der Waals surface area contributed by atoms with Crippen LogP contribution >= 0.6 is 0 Å². The average molecular weight is 265 g/mol. The van der Waals surface area contributed by atoms with Crippen LogP contribution in [0, 0.1) is 6.07 Å². The Bertz CT molecular complexity index is 592. The monoisotopic (exact) mass is 265 g/mol. The van der Waals surface area contributed by atoms with Crippen LogP contribution in [0.25, 0.3) is 11.1 Å². The van der Waals surface area contributed by atoms with Gasteiger partial charge in [0, 0.05) is 0 Å². The minimum absolute atomic E-state index is 0.132. The highest BCUT2D eigenvalue weighted by atomic mass is 14.2. The lowest BCUT2D eigenvalue weighted by Gasteiger charge is -2.24. The van der Waals surface area contributed by atoms with Crippen LogP contribution < -0.4 is 0 Å². The topological polar surface area (TPSA) is 0 Å². The third kappa shape index (κ3) is 3.12. The number of hydrogen-bond donors (Lipinski definition) is 0. The van der Waals surface area contributed by atoms with E-state index in [1.807, 2.05) is 0 Å². The van der Waals surface area contributed by atoms with Crippen molar-refractivity contribution in [2.24, 2.45) is 0 Å². The fourth-order valence-corrected chi connectivity index (χ4v) is 2.46. The molecule has 0 unspecified atom stereocenters. The van der Waals surface area contributed by atoms with Crippen molar-refractivity contribution >= 4 is 0 Å². The smallest absolute Gasteiger partial charge is 0.0125 e. The van der Waals surface area contributed by atoms with E-state index in [4.69, 9.17) is 0 Å². The molecule has 105 valence electrons. The SMILES string of the molecule is CC(C)(C)c1[c]ccc(-c2ccccc2C(C)(C)C)c1. The first-order valence-corrected chi connectivity index (χ1v) is 7.32. The highest BCUT2D eigenvalue weighted by Crippen LogP contribution is 2.34. The quantitative estimate of drug-likeness (QED) is 0.616. The molecule has 20 heavy (non-hydrogen) atoms. The highest BCUT2D eigenvalue weighted by Gasteiger charge is 2.19. The largest absolute Gasteiger partial charge is 0.0619 e. The third-order valence-electron chi connectivity index (χ3n) is 3.66. The summed E-state index contributed by atoms with van der Waals surface area (Å²) in [5.41, 5.74) is 5.56. The Labute approximate surface area is 123 Å². The summed E-state index contributed by atoms with van der Waals surface area (Å²) < 4.78 is 0. The third-order valence-corrected chi connectivity index (χ3v) is 3.66. The van der Waals surface area contributed by atoms with E-state index in [-0.39, 0.29) is 10.8 Å². The number of hydrogen-bond acceptors (Lipinski definition) is 0. The van der Waals surface area contributed by atoms with Gasteiger partial charge in [0.1, 0.15) is 0 Å². The van der Waals surface area contributed by atoms with Crippen molar-refractivity contribution in [2.75, 3.05) is 0 Å². The molecule has 0 heterocycles. The summed E-state index contributed by atoms with van der Waals surface area (Å²) in [5.74, 6) is 0. The normalized spacial score (nSPS) is 12.5. The molecule has 0 spiro atoms. The molecule has 0 saturated carbocycles. The molecule has 0 N–H and O–H groups in total. The van der Waals surface area contributed by atoms with Gasteiger partial charge in [-0.25, -0.2) is 0 Å². The molecule has 0 saturated heterocycles. The summed E-state index contributed by atoms with van der Waals surface area (Å²) in [6, 6.07) is 18.6. The van der Waals surface area contributed by atoms with E-state index >= 15 is 0 Å². The van der Waals surface area contributed by atoms with E-state index in [0.717, 1.165) is 0 Å². The van der Waals surface area contributed by atoms with Gasteiger partial charge in [0.25, 0.3) is 0 Å². The first-order valence-electron chi connectivity index (χ1n) is 7.32. The Balaban J connectivity index is 2.59. The van der Waals surface area contributed by atoms with Crippen molar-refractivity contribution in [3.05, 3.63) is 59.7 Å². The lowest BCUT2D eigenvalue weighted by molar-refractivity contribution is 0.588. The predicted molar refractivity (Wildman–Crippen MR) is 88.1 cm³/mol. The van der Waals surface area contributed by atoms with Crippen molar-refractivity contribution in [1.82, 2.24) is 0 Å². The van der Waals surface area contributed by atoms with Gasteiger partial charge >= 0.3 is 0 Å². The summed E-state index contributed by atoms with van der Waals surface area (Å²) in [6.07, 6.45) is 0.